The van der Waals surface area contributed by atoms with Crippen molar-refractivity contribution in [1.82, 2.24) is 4.98 Å². The predicted molar refractivity (Wildman–Crippen MR) is 77.5 cm³/mol. The van der Waals surface area contributed by atoms with Crippen LogP contribution in [0.2, 0.25) is 0 Å². The number of nitrogens with zero attached hydrogens (tertiary/aromatic N) is 2. The fourth-order valence-corrected chi connectivity index (χ4v) is 3.16. The van der Waals surface area contributed by atoms with Crippen LogP contribution in [-0.4, -0.2) is 11.5 Å². The van der Waals surface area contributed by atoms with Gasteiger partial charge in [0.25, 0.3) is 0 Å². The number of rotatable bonds is 4. The third-order valence-electron chi connectivity index (χ3n) is 3.46. The third-order valence-corrected chi connectivity index (χ3v) is 4.19. The highest BCUT2D eigenvalue weighted by Crippen LogP contribution is 2.24. The van der Waals surface area contributed by atoms with Crippen LogP contribution in [0, 0.1) is 11.3 Å². The Hall–Kier alpha value is -1.86. The maximum absolute atomic E-state index is 9.20. The molecule has 0 saturated heterocycles. The highest BCUT2D eigenvalue weighted by Gasteiger charge is 2.16. The lowest BCUT2D eigenvalue weighted by Gasteiger charge is -2.09. The predicted octanol–water partition coefficient (Wildman–Crippen LogP) is 3.16. The molecule has 0 aliphatic heterocycles. The van der Waals surface area contributed by atoms with Gasteiger partial charge in [-0.3, -0.25) is 0 Å². The highest BCUT2D eigenvalue weighted by atomic mass is 32.1. The summed E-state index contributed by atoms with van der Waals surface area (Å²) in [5, 5.41) is 16.8. The summed E-state index contributed by atoms with van der Waals surface area (Å²) in [4.78, 5) is 4.61. The van der Waals surface area contributed by atoms with Gasteiger partial charge < -0.3 is 5.32 Å². The van der Waals surface area contributed by atoms with Gasteiger partial charge in [0, 0.05) is 12.2 Å². The molecular weight excluding hydrogens is 254 g/mol. The Morgan fingerprint density at radius 1 is 1.42 bits per heavy atom. The number of nitriles is 1. The van der Waals surface area contributed by atoms with Crippen LogP contribution >= 0.6 is 11.3 Å². The van der Waals surface area contributed by atoms with Crippen LogP contribution in [0.3, 0.4) is 0 Å². The first-order valence-electron chi connectivity index (χ1n) is 6.54. The Morgan fingerprint density at radius 2 is 2.37 bits per heavy atom. The summed E-state index contributed by atoms with van der Waals surface area (Å²) in [5.41, 5.74) is 4.42. The van der Waals surface area contributed by atoms with E-state index in [9.17, 15) is 5.26 Å². The molecule has 2 aromatic rings. The number of thiophene rings is 1. The number of pyridine rings is 1. The van der Waals surface area contributed by atoms with Gasteiger partial charge in [0.15, 0.2) is 0 Å². The summed E-state index contributed by atoms with van der Waals surface area (Å²) < 4.78 is 0. The van der Waals surface area contributed by atoms with Gasteiger partial charge in [-0.1, -0.05) is 0 Å². The van der Waals surface area contributed by atoms with Gasteiger partial charge in [0.2, 0.25) is 0 Å². The largest absolute Gasteiger partial charge is 0.369 e. The topological polar surface area (TPSA) is 48.7 Å². The van der Waals surface area contributed by atoms with Crippen molar-refractivity contribution in [2.45, 2.75) is 25.7 Å². The molecule has 0 atom stereocenters. The summed E-state index contributed by atoms with van der Waals surface area (Å²) in [7, 11) is 0. The molecule has 1 aliphatic carbocycles. The first kappa shape index (κ1) is 12.2. The normalized spacial score (nSPS) is 13.0. The average Bonchev–Trinajstić information content (AvgIpc) is 3.08. The molecule has 0 bridgehead atoms. The van der Waals surface area contributed by atoms with Gasteiger partial charge in [-0.15, -0.1) is 0 Å². The molecular formula is C15H15N3S. The molecule has 4 heteroatoms. The molecule has 2 heterocycles. The molecule has 0 unspecified atom stereocenters. The number of aromatic nitrogens is 1. The first-order valence-corrected chi connectivity index (χ1v) is 7.49. The Balaban J connectivity index is 1.72. The second-order valence-electron chi connectivity index (χ2n) is 4.76. The molecule has 3 rings (SSSR count). The monoisotopic (exact) mass is 269 g/mol. The van der Waals surface area contributed by atoms with Crippen LogP contribution in [0.5, 0.6) is 0 Å². The van der Waals surface area contributed by atoms with Gasteiger partial charge in [0.05, 0.1) is 5.56 Å². The van der Waals surface area contributed by atoms with E-state index in [0.717, 1.165) is 43.7 Å². The molecule has 0 aromatic carbocycles. The van der Waals surface area contributed by atoms with Crippen molar-refractivity contribution in [3.8, 4) is 6.07 Å². The zero-order valence-corrected chi connectivity index (χ0v) is 11.5. The van der Waals surface area contributed by atoms with Crippen LogP contribution in [0.15, 0.2) is 22.9 Å². The molecule has 19 heavy (non-hydrogen) atoms. The molecule has 0 saturated carbocycles. The standard InChI is InChI=1S/C15H15N3S/c16-9-13-8-12-2-1-3-14(12)18-15(13)17-6-4-11-5-7-19-10-11/h5,7-8,10H,1-4,6H2,(H,17,18). The molecule has 1 aliphatic rings. The quantitative estimate of drug-likeness (QED) is 0.927. The van der Waals surface area contributed by atoms with Crippen LogP contribution in [0.4, 0.5) is 5.82 Å². The number of nitrogens with one attached hydrogen (secondary N) is 1. The third kappa shape index (κ3) is 2.61. The first-order chi connectivity index (χ1) is 9.36. The van der Waals surface area contributed by atoms with Crippen molar-refractivity contribution in [2.24, 2.45) is 0 Å². The van der Waals surface area contributed by atoms with E-state index in [-0.39, 0.29) is 0 Å². The maximum Gasteiger partial charge on any atom is 0.144 e. The van der Waals surface area contributed by atoms with Gasteiger partial charge in [-0.05, 0) is 59.7 Å². The van der Waals surface area contributed by atoms with Gasteiger partial charge in [-0.25, -0.2) is 4.98 Å². The van der Waals surface area contributed by atoms with Crippen LogP contribution < -0.4 is 5.32 Å². The van der Waals surface area contributed by atoms with Crippen molar-refractivity contribution in [2.75, 3.05) is 11.9 Å². The van der Waals surface area contributed by atoms with E-state index in [2.05, 4.69) is 33.2 Å². The molecule has 0 amide bonds. The van der Waals surface area contributed by atoms with Crippen LogP contribution in [-0.2, 0) is 19.3 Å². The molecule has 0 spiro atoms. The summed E-state index contributed by atoms with van der Waals surface area (Å²) in [6.45, 7) is 0.817. The Labute approximate surface area is 116 Å². The molecule has 96 valence electrons. The van der Waals surface area contributed by atoms with Crippen LogP contribution in [0.25, 0.3) is 0 Å². The maximum atomic E-state index is 9.20. The van der Waals surface area contributed by atoms with E-state index in [0.29, 0.717) is 5.56 Å². The lowest BCUT2D eigenvalue weighted by molar-refractivity contribution is 0.898. The molecule has 0 radical (unpaired) electrons. The van der Waals surface area contributed by atoms with E-state index in [4.69, 9.17) is 0 Å². The molecule has 0 fully saturated rings. The Morgan fingerprint density at radius 3 is 3.16 bits per heavy atom. The Bertz CT molecular complexity index is 611. The van der Waals surface area contributed by atoms with E-state index in [1.165, 1.54) is 11.1 Å². The zero-order chi connectivity index (χ0) is 13.1. The number of anilines is 1. The number of aryl methyl sites for hydroxylation is 2. The van der Waals surface area contributed by atoms with Crippen molar-refractivity contribution in [1.29, 1.82) is 5.26 Å². The lowest BCUT2D eigenvalue weighted by atomic mass is 10.1. The summed E-state index contributed by atoms with van der Waals surface area (Å²) in [6, 6.07) is 6.38. The average molecular weight is 269 g/mol. The molecule has 1 N–H and O–H groups in total. The second kappa shape index (κ2) is 5.41. The fraction of sp³-hybridized carbons (Fsp3) is 0.333. The molecule has 3 nitrogen and oxygen atoms in total. The van der Waals surface area contributed by atoms with Crippen molar-refractivity contribution < 1.29 is 0 Å². The smallest absolute Gasteiger partial charge is 0.144 e. The number of fused-ring (bicyclic) bond motifs is 1. The fourth-order valence-electron chi connectivity index (χ4n) is 2.45. The van der Waals surface area contributed by atoms with Crippen molar-refractivity contribution in [3.05, 3.63) is 45.3 Å². The van der Waals surface area contributed by atoms with Gasteiger partial charge >= 0.3 is 0 Å². The van der Waals surface area contributed by atoms with E-state index in [1.807, 2.05) is 6.07 Å². The minimum atomic E-state index is 0.672. The van der Waals surface area contributed by atoms with Gasteiger partial charge in [-0.2, -0.15) is 16.6 Å². The lowest BCUT2D eigenvalue weighted by Crippen LogP contribution is -2.09. The minimum absolute atomic E-state index is 0.672. The highest BCUT2D eigenvalue weighted by molar-refractivity contribution is 7.07. The molecule has 2 aromatic heterocycles. The summed E-state index contributed by atoms with van der Waals surface area (Å²) in [5.74, 6) is 0.748. The minimum Gasteiger partial charge on any atom is -0.369 e. The van der Waals surface area contributed by atoms with E-state index < -0.39 is 0 Å². The number of hydrogen-bond acceptors (Lipinski definition) is 4. The van der Waals surface area contributed by atoms with Gasteiger partial charge in [0.1, 0.15) is 11.9 Å². The van der Waals surface area contributed by atoms with E-state index in [1.54, 1.807) is 11.3 Å². The van der Waals surface area contributed by atoms with Crippen molar-refractivity contribution in [3.63, 3.8) is 0 Å². The Kier molecular flexibility index (Phi) is 3.47. The second-order valence-corrected chi connectivity index (χ2v) is 5.54. The summed E-state index contributed by atoms with van der Waals surface area (Å²) in [6.07, 6.45) is 4.23. The summed E-state index contributed by atoms with van der Waals surface area (Å²) >= 11 is 1.71. The SMILES string of the molecule is N#Cc1cc2c(nc1NCCc1ccsc1)CCC2. The number of hydrogen-bond donors (Lipinski definition) is 1. The zero-order valence-electron chi connectivity index (χ0n) is 10.6. The van der Waals surface area contributed by atoms with Crippen LogP contribution in [0.1, 0.15) is 28.8 Å². The van der Waals surface area contributed by atoms with E-state index >= 15 is 0 Å². The van der Waals surface area contributed by atoms with Crippen molar-refractivity contribution >= 4 is 17.2 Å².